The highest BCUT2D eigenvalue weighted by atomic mass is 16.1. The van der Waals surface area contributed by atoms with Crippen molar-refractivity contribution in [2.75, 3.05) is 0 Å². The largest absolute Gasteiger partial charge is 0.299 e. The van der Waals surface area contributed by atoms with Gasteiger partial charge in [-0.1, -0.05) is 13.8 Å². The van der Waals surface area contributed by atoms with E-state index in [0.717, 1.165) is 12.1 Å². The molecule has 1 heterocycles. The summed E-state index contributed by atoms with van der Waals surface area (Å²) in [7, 11) is 0. The Morgan fingerprint density at radius 3 is 2.85 bits per heavy atom. The molecule has 3 nitrogen and oxygen atoms in total. The number of ketones is 1. The summed E-state index contributed by atoms with van der Waals surface area (Å²) in [6, 6.07) is 1.84. The summed E-state index contributed by atoms with van der Waals surface area (Å²) in [6.45, 7) is 3.84. The Balaban J connectivity index is 2.40. The molecule has 0 aliphatic heterocycles. The van der Waals surface area contributed by atoms with Gasteiger partial charge in [0.15, 0.2) is 0 Å². The first kappa shape index (κ1) is 9.84. The van der Waals surface area contributed by atoms with Gasteiger partial charge >= 0.3 is 0 Å². The molecule has 1 aromatic heterocycles. The minimum atomic E-state index is 0.127. The van der Waals surface area contributed by atoms with Crippen molar-refractivity contribution in [1.29, 1.82) is 0 Å². The molecule has 1 rings (SSSR count). The lowest BCUT2D eigenvalue weighted by molar-refractivity contribution is -0.121. The highest BCUT2D eigenvalue weighted by Gasteiger charge is 2.06. The smallest absolute Gasteiger partial charge is 0.135 e. The van der Waals surface area contributed by atoms with Crippen LogP contribution in [-0.4, -0.2) is 15.8 Å². The summed E-state index contributed by atoms with van der Waals surface area (Å²) in [5.41, 5.74) is 0.934. The second-order valence-corrected chi connectivity index (χ2v) is 3.32. The highest BCUT2D eigenvalue weighted by Crippen LogP contribution is 2.03. The normalized spacial score (nSPS) is 10.4. The van der Waals surface area contributed by atoms with Crippen LogP contribution in [0.15, 0.2) is 18.6 Å². The van der Waals surface area contributed by atoms with E-state index in [9.17, 15) is 4.79 Å². The SMILES string of the molecule is CC(C)C(=O)CCc1ccncn1. The molecule has 0 saturated heterocycles. The molecule has 0 atom stereocenters. The Kier molecular flexibility index (Phi) is 3.55. The molecule has 3 heteroatoms. The standard InChI is InChI=1S/C10H14N2O/c1-8(2)10(13)4-3-9-5-6-11-7-12-9/h5-8H,3-4H2,1-2H3. The number of nitrogens with zero attached hydrogens (tertiary/aromatic N) is 2. The van der Waals surface area contributed by atoms with Gasteiger partial charge in [0.1, 0.15) is 12.1 Å². The van der Waals surface area contributed by atoms with Crippen molar-refractivity contribution in [3.05, 3.63) is 24.3 Å². The first-order valence-corrected chi connectivity index (χ1v) is 4.47. The van der Waals surface area contributed by atoms with E-state index in [1.165, 1.54) is 6.33 Å². The van der Waals surface area contributed by atoms with Crippen LogP contribution >= 0.6 is 0 Å². The Morgan fingerprint density at radius 2 is 2.31 bits per heavy atom. The van der Waals surface area contributed by atoms with Crippen LogP contribution in [0.5, 0.6) is 0 Å². The second kappa shape index (κ2) is 4.70. The van der Waals surface area contributed by atoms with E-state index in [0.29, 0.717) is 12.2 Å². The van der Waals surface area contributed by atoms with Gasteiger partial charge in [0, 0.05) is 24.2 Å². The van der Waals surface area contributed by atoms with Crippen LogP contribution in [-0.2, 0) is 11.2 Å². The molecular weight excluding hydrogens is 164 g/mol. The predicted molar refractivity (Wildman–Crippen MR) is 50.2 cm³/mol. The molecule has 1 aromatic rings. The molecule has 0 amide bonds. The maximum Gasteiger partial charge on any atom is 0.135 e. The van der Waals surface area contributed by atoms with Crippen molar-refractivity contribution >= 4 is 5.78 Å². The maximum atomic E-state index is 11.3. The summed E-state index contributed by atoms with van der Waals surface area (Å²) in [4.78, 5) is 19.1. The van der Waals surface area contributed by atoms with Crippen LogP contribution in [0.2, 0.25) is 0 Å². The lowest BCUT2D eigenvalue weighted by Crippen LogP contribution is -2.08. The van der Waals surface area contributed by atoms with Crippen molar-refractivity contribution in [3.8, 4) is 0 Å². The van der Waals surface area contributed by atoms with E-state index in [1.807, 2.05) is 19.9 Å². The molecule has 0 N–H and O–H groups in total. The molecule has 0 radical (unpaired) electrons. The van der Waals surface area contributed by atoms with Crippen molar-refractivity contribution in [3.63, 3.8) is 0 Å². The number of aromatic nitrogens is 2. The molecule has 0 spiro atoms. The topological polar surface area (TPSA) is 42.9 Å². The molecule has 0 aromatic carbocycles. The summed E-state index contributed by atoms with van der Waals surface area (Å²) < 4.78 is 0. The van der Waals surface area contributed by atoms with Gasteiger partial charge < -0.3 is 0 Å². The fourth-order valence-corrected chi connectivity index (χ4v) is 1.01. The van der Waals surface area contributed by atoms with Gasteiger partial charge in [-0.2, -0.15) is 0 Å². The van der Waals surface area contributed by atoms with E-state index >= 15 is 0 Å². The molecule has 0 fully saturated rings. The van der Waals surface area contributed by atoms with E-state index in [-0.39, 0.29) is 5.92 Å². The molecule has 0 saturated carbocycles. The first-order valence-electron chi connectivity index (χ1n) is 4.47. The fourth-order valence-electron chi connectivity index (χ4n) is 1.01. The van der Waals surface area contributed by atoms with Gasteiger partial charge in [-0.05, 0) is 12.5 Å². The fraction of sp³-hybridized carbons (Fsp3) is 0.500. The summed E-state index contributed by atoms with van der Waals surface area (Å²) in [6.07, 6.45) is 4.51. The van der Waals surface area contributed by atoms with Gasteiger partial charge in [-0.15, -0.1) is 0 Å². The third kappa shape index (κ3) is 3.32. The van der Waals surface area contributed by atoms with Gasteiger partial charge in [-0.25, -0.2) is 9.97 Å². The van der Waals surface area contributed by atoms with Crippen LogP contribution in [0, 0.1) is 5.92 Å². The number of Topliss-reactive ketones (excluding diaryl/α,β-unsaturated/α-hetero) is 1. The number of carbonyl (C=O) groups excluding carboxylic acids is 1. The zero-order valence-electron chi connectivity index (χ0n) is 8.03. The van der Waals surface area contributed by atoms with Crippen molar-refractivity contribution < 1.29 is 4.79 Å². The Hall–Kier alpha value is -1.25. The molecule has 70 valence electrons. The second-order valence-electron chi connectivity index (χ2n) is 3.32. The Labute approximate surface area is 78.2 Å². The van der Waals surface area contributed by atoms with Crippen molar-refractivity contribution in [2.24, 2.45) is 5.92 Å². The average molecular weight is 178 g/mol. The number of hydrogen-bond donors (Lipinski definition) is 0. The number of carbonyl (C=O) groups is 1. The number of rotatable bonds is 4. The zero-order chi connectivity index (χ0) is 9.68. The quantitative estimate of drug-likeness (QED) is 0.703. The van der Waals surface area contributed by atoms with Crippen LogP contribution in [0.3, 0.4) is 0 Å². The van der Waals surface area contributed by atoms with Crippen LogP contribution in [0.1, 0.15) is 26.0 Å². The minimum absolute atomic E-state index is 0.127. The third-order valence-electron chi connectivity index (χ3n) is 1.91. The molecule has 0 bridgehead atoms. The molecule has 0 aliphatic carbocycles. The zero-order valence-corrected chi connectivity index (χ0v) is 8.03. The lowest BCUT2D eigenvalue weighted by Gasteiger charge is -2.02. The average Bonchev–Trinajstić information content (AvgIpc) is 2.15. The van der Waals surface area contributed by atoms with Crippen molar-refractivity contribution in [1.82, 2.24) is 9.97 Å². The van der Waals surface area contributed by atoms with Crippen molar-refractivity contribution in [2.45, 2.75) is 26.7 Å². The summed E-state index contributed by atoms with van der Waals surface area (Å²) >= 11 is 0. The molecular formula is C10H14N2O. The summed E-state index contributed by atoms with van der Waals surface area (Å²) in [5, 5.41) is 0. The molecule has 0 aliphatic rings. The molecule has 13 heavy (non-hydrogen) atoms. The predicted octanol–water partition coefficient (Wildman–Crippen LogP) is 1.63. The number of aryl methyl sites for hydroxylation is 1. The number of hydrogen-bond acceptors (Lipinski definition) is 3. The lowest BCUT2D eigenvalue weighted by atomic mass is 10.0. The van der Waals surface area contributed by atoms with Gasteiger partial charge in [-0.3, -0.25) is 4.79 Å². The van der Waals surface area contributed by atoms with Gasteiger partial charge in [0.2, 0.25) is 0 Å². The maximum absolute atomic E-state index is 11.3. The minimum Gasteiger partial charge on any atom is -0.299 e. The van der Waals surface area contributed by atoms with Crippen LogP contribution < -0.4 is 0 Å². The molecule has 0 unspecified atom stereocenters. The van der Waals surface area contributed by atoms with Crippen LogP contribution in [0.4, 0.5) is 0 Å². The van der Waals surface area contributed by atoms with E-state index in [4.69, 9.17) is 0 Å². The highest BCUT2D eigenvalue weighted by molar-refractivity contribution is 5.80. The van der Waals surface area contributed by atoms with Gasteiger partial charge in [0.05, 0.1) is 0 Å². The Bertz CT molecular complexity index is 270. The van der Waals surface area contributed by atoms with Gasteiger partial charge in [0.25, 0.3) is 0 Å². The van der Waals surface area contributed by atoms with E-state index in [1.54, 1.807) is 6.20 Å². The van der Waals surface area contributed by atoms with E-state index in [2.05, 4.69) is 9.97 Å². The third-order valence-corrected chi connectivity index (χ3v) is 1.91. The Morgan fingerprint density at radius 1 is 1.54 bits per heavy atom. The van der Waals surface area contributed by atoms with E-state index < -0.39 is 0 Å². The van der Waals surface area contributed by atoms with Crippen LogP contribution in [0.25, 0.3) is 0 Å². The first-order chi connectivity index (χ1) is 6.20. The monoisotopic (exact) mass is 178 g/mol. The summed E-state index contributed by atoms with van der Waals surface area (Å²) in [5.74, 6) is 0.417.